The van der Waals surface area contributed by atoms with Crippen LogP contribution in [0.3, 0.4) is 0 Å². The minimum absolute atomic E-state index is 0.429. The number of morpholine rings is 1. The molecule has 0 radical (unpaired) electrons. The van der Waals surface area contributed by atoms with Crippen LogP contribution < -0.4 is 4.90 Å². The maximum atomic E-state index is 5.51. The van der Waals surface area contributed by atoms with Crippen LogP contribution in [0.1, 0.15) is 19.5 Å². The number of nitrogens with zero attached hydrogens (tertiary/aromatic N) is 2. The van der Waals surface area contributed by atoms with E-state index >= 15 is 0 Å². The van der Waals surface area contributed by atoms with Gasteiger partial charge in [0.05, 0.1) is 25.1 Å². The molecule has 3 nitrogen and oxygen atoms in total. The quantitative estimate of drug-likeness (QED) is 0.702. The molecule has 1 aromatic heterocycles. The Morgan fingerprint density at radius 1 is 1.27 bits per heavy atom. The molecule has 0 N–H and O–H groups in total. The van der Waals surface area contributed by atoms with Gasteiger partial charge in [-0.05, 0) is 32.9 Å². The van der Waals surface area contributed by atoms with E-state index in [9.17, 15) is 0 Å². The Morgan fingerprint density at radius 3 is 2.47 bits per heavy atom. The van der Waals surface area contributed by atoms with E-state index in [2.05, 4.69) is 35.9 Å². The Morgan fingerprint density at radius 2 is 1.93 bits per heavy atom. The van der Waals surface area contributed by atoms with Crippen molar-refractivity contribution in [3.05, 3.63) is 24.0 Å². The predicted molar refractivity (Wildman–Crippen MR) is 61.2 cm³/mol. The molecular formula is C12H18N2O. The van der Waals surface area contributed by atoms with Crippen LogP contribution in [0.2, 0.25) is 0 Å². The van der Waals surface area contributed by atoms with Crippen LogP contribution in [0.25, 0.3) is 0 Å². The Kier molecular flexibility index (Phi) is 2.91. The highest BCUT2D eigenvalue weighted by atomic mass is 16.5. The van der Waals surface area contributed by atoms with Crippen molar-refractivity contribution < 1.29 is 4.74 Å². The van der Waals surface area contributed by atoms with Gasteiger partial charge in [0.15, 0.2) is 0 Å². The number of hydrogen-bond donors (Lipinski definition) is 0. The van der Waals surface area contributed by atoms with E-state index in [-0.39, 0.29) is 0 Å². The first-order chi connectivity index (χ1) is 7.18. The van der Waals surface area contributed by atoms with Gasteiger partial charge >= 0.3 is 0 Å². The number of hydrogen-bond acceptors (Lipinski definition) is 3. The number of pyridine rings is 1. The van der Waals surface area contributed by atoms with Crippen LogP contribution in [0.4, 0.5) is 5.69 Å². The number of anilines is 1. The summed E-state index contributed by atoms with van der Waals surface area (Å²) < 4.78 is 5.51. The van der Waals surface area contributed by atoms with Crippen LogP contribution in [-0.4, -0.2) is 30.3 Å². The lowest BCUT2D eigenvalue weighted by atomic mass is 10.1. The normalized spacial score (nSPS) is 26.7. The van der Waals surface area contributed by atoms with Gasteiger partial charge in [0.2, 0.25) is 0 Å². The molecular weight excluding hydrogens is 188 g/mol. The second-order valence-electron chi connectivity index (χ2n) is 4.30. The standard InChI is InChI=1S/C12H18N2O/c1-9-4-5-12(6-13-9)14-10(2)7-15-8-11(14)3/h4-6,10-11H,7-8H2,1-3H3/t10-,11-/m1/s1. The number of aromatic nitrogens is 1. The number of ether oxygens (including phenoxy) is 1. The first-order valence-electron chi connectivity index (χ1n) is 5.47. The highest BCUT2D eigenvalue weighted by molar-refractivity contribution is 5.47. The Labute approximate surface area is 91.1 Å². The van der Waals surface area contributed by atoms with Gasteiger partial charge in [-0.2, -0.15) is 0 Å². The molecule has 0 saturated carbocycles. The first-order valence-corrected chi connectivity index (χ1v) is 5.47. The third-order valence-electron chi connectivity index (χ3n) is 2.86. The van der Waals surface area contributed by atoms with Gasteiger partial charge in [-0.15, -0.1) is 0 Å². The lowest BCUT2D eigenvalue weighted by molar-refractivity contribution is 0.0756. The molecule has 1 aliphatic heterocycles. The van der Waals surface area contributed by atoms with Crippen LogP contribution in [0, 0.1) is 6.92 Å². The molecule has 0 bridgehead atoms. The summed E-state index contributed by atoms with van der Waals surface area (Å²) in [7, 11) is 0. The number of aryl methyl sites for hydroxylation is 1. The maximum Gasteiger partial charge on any atom is 0.0668 e. The zero-order chi connectivity index (χ0) is 10.8. The third-order valence-corrected chi connectivity index (χ3v) is 2.86. The molecule has 2 rings (SSSR count). The molecule has 0 aliphatic carbocycles. The average molecular weight is 206 g/mol. The lowest BCUT2D eigenvalue weighted by Crippen LogP contribution is -2.49. The van der Waals surface area contributed by atoms with Crippen LogP contribution in [-0.2, 0) is 4.74 Å². The first kappa shape index (κ1) is 10.4. The highest BCUT2D eigenvalue weighted by Crippen LogP contribution is 2.22. The summed E-state index contributed by atoms with van der Waals surface area (Å²) in [5, 5.41) is 0. The molecule has 82 valence electrons. The molecule has 2 heterocycles. The van der Waals surface area contributed by atoms with E-state index < -0.39 is 0 Å². The van der Waals surface area contributed by atoms with Gasteiger partial charge < -0.3 is 9.64 Å². The van der Waals surface area contributed by atoms with Crippen molar-refractivity contribution in [2.75, 3.05) is 18.1 Å². The van der Waals surface area contributed by atoms with E-state index in [1.165, 1.54) is 5.69 Å². The summed E-state index contributed by atoms with van der Waals surface area (Å²) in [6.45, 7) is 8.00. The molecule has 1 fully saturated rings. The van der Waals surface area contributed by atoms with Gasteiger partial charge in [-0.3, -0.25) is 4.98 Å². The fourth-order valence-corrected chi connectivity index (χ4v) is 2.13. The van der Waals surface area contributed by atoms with E-state index in [0.29, 0.717) is 12.1 Å². The van der Waals surface area contributed by atoms with Crippen molar-refractivity contribution in [1.29, 1.82) is 0 Å². The molecule has 0 spiro atoms. The van der Waals surface area contributed by atoms with Gasteiger partial charge in [-0.1, -0.05) is 0 Å². The zero-order valence-corrected chi connectivity index (χ0v) is 9.60. The van der Waals surface area contributed by atoms with Gasteiger partial charge in [-0.25, -0.2) is 0 Å². The fraction of sp³-hybridized carbons (Fsp3) is 0.583. The van der Waals surface area contributed by atoms with E-state index in [1.54, 1.807) is 0 Å². The van der Waals surface area contributed by atoms with Crippen molar-refractivity contribution in [2.24, 2.45) is 0 Å². The topological polar surface area (TPSA) is 25.4 Å². The molecule has 3 heteroatoms. The summed E-state index contributed by atoms with van der Waals surface area (Å²) in [6.07, 6.45) is 1.95. The van der Waals surface area contributed by atoms with E-state index in [0.717, 1.165) is 18.9 Å². The van der Waals surface area contributed by atoms with Crippen molar-refractivity contribution >= 4 is 5.69 Å². The second kappa shape index (κ2) is 4.19. The van der Waals surface area contributed by atoms with Crippen LogP contribution >= 0.6 is 0 Å². The fourth-order valence-electron chi connectivity index (χ4n) is 2.13. The average Bonchev–Trinajstić information content (AvgIpc) is 2.20. The van der Waals surface area contributed by atoms with Crippen LogP contribution in [0.5, 0.6) is 0 Å². The monoisotopic (exact) mass is 206 g/mol. The van der Waals surface area contributed by atoms with Gasteiger partial charge in [0, 0.05) is 17.8 Å². The zero-order valence-electron chi connectivity index (χ0n) is 9.60. The molecule has 2 atom stereocenters. The molecule has 0 amide bonds. The smallest absolute Gasteiger partial charge is 0.0668 e. The predicted octanol–water partition coefficient (Wildman–Crippen LogP) is 2.00. The highest BCUT2D eigenvalue weighted by Gasteiger charge is 2.25. The Hall–Kier alpha value is -1.09. The molecule has 1 aromatic rings. The lowest BCUT2D eigenvalue weighted by Gasteiger charge is -2.40. The number of rotatable bonds is 1. The molecule has 0 unspecified atom stereocenters. The molecule has 0 aromatic carbocycles. The Balaban J connectivity index is 2.23. The van der Waals surface area contributed by atoms with Crippen molar-refractivity contribution in [2.45, 2.75) is 32.9 Å². The third kappa shape index (κ3) is 2.12. The van der Waals surface area contributed by atoms with Gasteiger partial charge in [0.1, 0.15) is 0 Å². The van der Waals surface area contributed by atoms with Crippen LogP contribution in [0.15, 0.2) is 18.3 Å². The van der Waals surface area contributed by atoms with Crippen molar-refractivity contribution in [3.63, 3.8) is 0 Å². The maximum absolute atomic E-state index is 5.51. The summed E-state index contributed by atoms with van der Waals surface area (Å²) >= 11 is 0. The van der Waals surface area contributed by atoms with E-state index in [1.807, 2.05) is 13.1 Å². The summed E-state index contributed by atoms with van der Waals surface area (Å²) in [5.74, 6) is 0. The summed E-state index contributed by atoms with van der Waals surface area (Å²) in [5.41, 5.74) is 2.26. The summed E-state index contributed by atoms with van der Waals surface area (Å²) in [6, 6.07) is 5.06. The molecule has 15 heavy (non-hydrogen) atoms. The second-order valence-corrected chi connectivity index (χ2v) is 4.30. The van der Waals surface area contributed by atoms with Crippen molar-refractivity contribution in [1.82, 2.24) is 4.98 Å². The van der Waals surface area contributed by atoms with Gasteiger partial charge in [0.25, 0.3) is 0 Å². The minimum Gasteiger partial charge on any atom is -0.377 e. The van der Waals surface area contributed by atoms with Crippen molar-refractivity contribution in [3.8, 4) is 0 Å². The molecule has 1 saturated heterocycles. The Bertz CT molecular complexity index is 313. The van der Waals surface area contributed by atoms with E-state index in [4.69, 9.17) is 4.74 Å². The molecule has 1 aliphatic rings. The largest absolute Gasteiger partial charge is 0.377 e. The minimum atomic E-state index is 0.429. The SMILES string of the molecule is Cc1ccc(N2[C@H](C)COC[C@H]2C)cn1. The summed E-state index contributed by atoms with van der Waals surface area (Å²) in [4.78, 5) is 6.73.